The van der Waals surface area contributed by atoms with Gasteiger partial charge in [0, 0.05) is 31.3 Å². The molecule has 7 nitrogen and oxygen atoms in total. The van der Waals surface area contributed by atoms with Gasteiger partial charge in [-0.15, -0.1) is 0 Å². The maximum Gasteiger partial charge on any atom is 0.255 e. The third-order valence-corrected chi connectivity index (χ3v) is 4.81. The lowest BCUT2D eigenvalue weighted by Crippen LogP contribution is -2.23. The van der Waals surface area contributed by atoms with Crippen molar-refractivity contribution < 1.29 is 19.4 Å². The first kappa shape index (κ1) is 17.2. The van der Waals surface area contributed by atoms with Crippen LogP contribution in [0.3, 0.4) is 0 Å². The number of rotatable bonds is 5. The Bertz CT molecular complexity index is 1030. The predicted molar refractivity (Wildman–Crippen MR) is 100 cm³/mol. The maximum atomic E-state index is 12.7. The highest BCUT2D eigenvalue weighted by atomic mass is 16.5. The van der Waals surface area contributed by atoms with Crippen LogP contribution in [0.15, 0.2) is 30.5 Å². The van der Waals surface area contributed by atoms with Crippen LogP contribution in [0.5, 0.6) is 17.5 Å². The Morgan fingerprint density at radius 3 is 3.07 bits per heavy atom. The van der Waals surface area contributed by atoms with Crippen LogP contribution in [-0.2, 0) is 19.5 Å². The zero-order valence-corrected chi connectivity index (χ0v) is 15.3. The lowest BCUT2D eigenvalue weighted by molar-refractivity contribution is 0.0947. The highest BCUT2D eigenvalue weighted by Crippen LogP contribution is 2.31. The number of benzene rings is 1. The molecule has 0 spiro atoms. The molecule has 0 aliphatic carbocycles. The van der Waals surface area contributed by atoms with Gasteiger partial charge < -0.3 is 24.5 Å². The molecular formula is C20H21N3O4. The molecule has 7 heteroatoms. The van der Waals surface area contributed by atoms with Crippen LogP contribution < -0.4 is 14.8 Å². The molecule has 0 atom stereocenters. The van der Waals surface area contributed by atoms with Crippen molar-refractivity contribution in [2.24, 2.45) is 0 Å². The molecule has 3 heterocycles. The van der Waals surface area contributed by atoms with E-state index in [2.05, 4.69) is 10.3 Å². The normalized spacial score (nSPS) is 12.7. The summed E-state index contributed by atoms with van der Waals surface area (Å²) in [7, 11) is 1.54. The Labute approximate surface area is 156 Å². The lowest BCUT2D eigenvalue weighted by atomic mass is 10.1. The van der Waals surface area contributed by atoms with Crippen molar-refractivity contribution in [3.05, 3.63) is 47.2 Å². The van der Waals surface area contributed by atoms with E-state index in [0.717, 1.165) is 12.0 Å². The van der Waals surface area contributed by atoms with Gasteiger partial charge in [0.25, 0.3) is 5.91 Å². The predicted octanol–water partition coefficient (Wildman–Crippen LogP) is 2.64. The number of nitrogens with one attached hydrogen (secondary N) is 1. The fraction of sp³-hybridized carbons (Fsp3) is 0.300. The second-order valence-electron chi connectivity index (χ2n) is 6.40. The van der Waals surface area contributed by atoms with Crippen LogP contribution in [0.1, 0.15) is 28.4 Å². The molecule has 1 amide bonds. The first-order valence-corrected chi connectivity index (χ1v) is 8.91. The van der Waals surface area contributed by atoms with Crippen LogP contribution in [-0.4, -0.2) is 34.3 Å². The minimum atomic E-state index is -0.216. The van der Waals surface area contributed by atoms with Crippen molar-refractivity contribution in [3.63, 3.8) is 0 Å². The summed E-state index contributed by atoms with van der Waals surface area (Å²) in [5.41, 5.74) is 2.92. The van der Waals surface area contributed by atoms with Gasteiger partial charge in [-0.1, -0.05) is 12.1 Å². The number of nitrogens with zero attached hydrogens (tertiary/aromatic N) is 2. The number of aromatic nitrogens is 2. The van der Waals surface area contributed by atoms with E-state index in [9.17, 15) is 9.90 Å². The van der Waals surface area contributed by atoms with Gasteiger partial charge in [0.05, 0.1) is 30.2 Å². The molecule has 1 aromatic carbocycles. The summed E-state index contributed by atoms with van der Waals surface area (Å²) >= 11 is 0. The van der Waals surface area contributed by atoms with Crippen molar-refractivity contribution in [2.75, 3.05) is 13.7 Å². The number of hydrogen-bond acceptors (Lipinski definition) is 5. The Morgan fingerprint density at radius 1 is 1.44 bits per heavy atom. The number of methoxy groups -OCH3 is 1. The summed E-state index contributed by atoms with van der Waals surface area (Å²) in [6, 6.07) is 7.39. The van der Waals surface area contributed by atoms with E-state index in [0.29, 0.717) is 46.8 Å². The lowest BCUT2D eigenvalue weighted by Gasteiger charge is -2.11. The first-order chi connectivity index (χ1) is 13.1. The van der Waals surface area contributed by atoms with Crippen LogP contribution in [0, 0.1) is 0 Å². The number of ether oxygens (including phenoxy) is 2. The number of fused-ring (bicyclic) bond motifs is 2. The molecular weight excluding hydrogens is 346 g/mol. The second kappa shape index (κ2) is 6.83. The summed E-state index contributed by atoms with van der Waals surface area (Å²) in [5.74, 6) is 1.02. The minimum Gasteiger partial charge on any atom is -0.494 e. The quantitative estimate of drug-likeness (QED) is 0.724. The summed E-state index contributed by atoms with van der Waals surface area (Å²) in [6.07, 6.45) is 2.60. The minimum absolute atomic E-state index is 0.157. The topological polar surface area (TPSA) is 85.6 Å². The Balaban J connectivity index is 1.61. The Kier molecular flexibility index (Phi) is 4.35. The van der Waals surface area contributed by atoms with Crippen molar-refractivity contribution in [3.8, 4) is 17.5 Å². The SMILES string of the molecule is CCn1cc2nc(OC)c(CNC(=O)c3cccc4c3OCC4)cc2c1O. The zero-order chi connectivity index (χ0) is 19.0. The number of aromatic hydroxyl groups is 1. The largest absolute Gasteiger partial charge is 0.494 e. The van der Waals surface area contributed by atoms with Crippen LogP contribution >= 0.6 is 0 Å². The number of carbonyl (C=O) groups is 1. The van der Waals surface area contributed by atoms with Gasteiger partial charge in [0.15, 0.2) is 0 Å². The average molecular weight is 367 g/mol. The molecule has 0 bridgehead atoms. The molecule has 2 N–H and O–H groups in total. The van der Waals surface area contributed by atoms with Crippen LogP contribution in [0.4, 0.5) is 0 Å². The van der Waals surface area contributed by atoms with Gasteiger partial charge in [0.1, 0.15) is 5.75 Å². The summed E-state index contributed by atoms with van der Waals surface area (Å²) in [5, 5.41) is 13.8. The van der Waals surface area contributed by atoms with Crippen molar-refractivity contribution in [2.45, 2.75) is 26.4 Å². The second-order valence-corrected chi connectivity index (χ2v) is 6.40. The molecule has 0 saturated carbocycles. The number of carbonyl (C=O) groups excluding carboxylic acids is 1. The molecule has 1 aliphatic heterocycles. The number of pyridine rings is 1. The molecule has 1 aliphatic rings. The average Bonchev–Trinajstić information content (AvgIpc) is 3.29. The zero-order valence-electron chi connectivity index (χ0n) is 15.3. The van der Waals surface area contributed by atoms with Crippen molar-refractivity contribution >= 4 is 16.8 Å². The number of aryl methyl sites for hydroxylation is 1. The molecule has 140 valence electrons. The number of para-hydroxylation sites is 1. The summed E-state index contributed by atoms with van der Waals surface area (Å²) in [6.45, 7) is 3.40. The highest BCUT2D eigenvalue weighted by Gasteiger charge is 2.21. The van der Waals surface area contributed by atoms with Gasteiger partial charge in [0.2, 0.25) is 11.8 Å². The molecule has 0 saturated heterocycles. The molecule has 0 fully saturated rings. The van der Waals surface area contributed by atoms with Crippen LogP contribution in [0.25, 0.3) is 10.9 Å². The first-order valence-electron chi connectivity index (χ1n) is 8.91. The van der Waals surface area contributed by atoms with E-state index in [1.54, 1.807) is 22.9 Å². The van der Waals surface area contributed by atoms with Crippen LogP contribution in [0.2, 0.25) is 0 Å². The Morgan fingerprint density at radius 2 is 2.30 bits per heavy atom. The standard InChI is InChI=1S/C20H21N3O4/c1-3-23-11-16-15(20(23)25)9-13(19(22-16)26-2)10-21-18(24)14-6-4-5-12-7-8-27-17(12)14/h4-6,9,11,25H,3,7-8,10H2,1-2H3,(H,21,24). The molecule has 3 aromatic rings. The molecule has 0 radical (unpaired) electrons. The van der Waals surface area contributed by atoms with Crippen molar-refractivity contribution in [1.29, 1.82) is 0 Å². The fourth-order valence-corrected chi connectivity index (χ4v) is 3.40. The summed E-state index contributed by atoms with van der Waals surface area (Å²) < 4.78 is 12.7. The van der Waals surface area contributed by atoms with E-state index < -0.39 is 0 Å². The summed E-state index contributed by atoms with van der Waals surface area (Å²) in [4.78, 5) is 17.1. The third kappa shape index (κ3) is 2.95. The number of amides is 1. The highest BCUT2D eigenvalue weighted by molar-refractivity contribution is 5.97. The van der Waals surface area contributed by atoms with Gasteiger partial charge in [-0.3, -0.25) is 4.79 Å². The van der Waals surface area contributed by atoms with E-state index >= 15 is 0 Å². The number of hydrogen-bond donors (Lipinski definition) is 2. The molecule has 27 heavy (non-hydrogen) atoms. The van der Waals surface area contributed by atoms with Gasteiger partial charge in [-0.05, 0) is 24.6 Å². The van der Waals surface area contributed by atoms with Crippen molar-refractivity contribution in [1.82, 2.24) is 14.9 Å². The molecule has 2 aromatic heterocycles. The van der Waals surface area contributed by atoms with E-state index in [4.69, 9.17) is 9.47 Å². The third-order valence-electron chi connectivity index (χ3n) is 4.81. The monoisotopic (exact) mass is 367 g/mol. The fourth-order valence-electron chi connectivity index (χ4n) is 3.40. The molecule has 0 unspecified atom stereocenters. The maximum absolute atomic E-state index is 12.7. The van der Waals surface area contributed by atoms with Gasteiger partial charge in [-0.25, -0.2) is 4.98 Å². The van der Waals surface area contributed by atoms with E-state index in [1.165, 1.54) is 7.11 Å². The Hall–Kier alpha value is -3.22. The van der Waals surface area contributed by atoms with Gasteiger partial charge >= 0.3 is 0 Å². The molecule has 4 rings (SSSR count). The van der Waals surface area contributed by atoms with Gasteiger partial charge in [-0.2, -0.15) is 0 Å². The van der Waals surface area contributed by atoms with E-state index in [-0.39, 0.29) is 18.3 Å². The van der Waals surface area contributed by atoms with E-state index in [1.807, 2.05) is 19.1 Å². The smallest absolute Gasteiger partial charge is 0.255 e.